The monoisotopic (exact) mass is 353 g/mol. The molecule has 0 amide bonds. The van der Waals surface area contributed by atoms with Crippen LogP contribution in [0.4, 0.5) is 5.13 Å². The molecule has 1 saturated heterocycles. The molecule has 0 bridgehead atoms. The number of hydrogen-bond donors (Lipinski definition) is 1. The predicted molar refractivity (Wildman–Crippen MR) is 105 cm³/mol. The van der Waals surface area contributed by atoms with Gasteiger partial charge in [0.2, 0.25) is 0 Å². The van der Waals surface area contributed by atoms with Crippen LogP contribution in [0.1, 0.15) is 12.8 Å². The van der Waals surface area contributed by atoms with Crippen molar-refractivity contribution in [3.05, 3.63) is 42.9 Å². The molecule has 0 saturated carbocycles. The quantitative estimate of drug-likeness (QED) is 0.771. The van der Waals surface area contributed by atoms with Crippen LogP contribution in [0.25, 0.3) is 21.3 Å². The molecule has 0 spiro atoms. The van der Waals surface area contributed by atoms with Gasteiger partial charge >= 0.3 is 0 Å². The van der Waals surface area contributed by atoms with E-state index in [1.165, 1.54) is 5.56 Å². The van der Waals surface area contributed by atoms with Crippen LogP contribution in [-0.4, -0.2) is 39.8 Å². The molecule has 3 heterocycles. The smallest absolute Gasteiger partial charge is 0.187 e. The number of nitrogens with one attached hydrogen (secondary N) is 1. The third kappa shape index (κ3) is 3.32. The second kappa shape index (κ2) is 6.61. The third-order valence-corrected chi connectivity index (χ3v) is 5.98. The fraction of sp³-hybridized carbons (Fsp3) is 0.368. The highest BCUT2D eigenvalue weighted by molar-refractivity contribution is 7.18. The lowest BCUT2D eigenvalue weighted by Crippen LogP contribution is -2.31. The number of aromatic nitrogens is 3. The van der Waals surface area contributed by atoms with Crippen molar-refractivity contribution in [2.45, 2.75) is 12.8 Å². The summed E-state index contributed by atoms with van der Waals surface area (Å²) in [6.07, 6.45) is 6.17. The molecule has 0 radical (unpaired) electrons. The number of rotatable bonds is 4. The van der Waals surface area contributed by atoms with E-state index in [0.717, 1.165) is 52.5 Å². The summed E-state index contributed by atoms with van der Waals surface area (Å²) in [5.41, 5.74) is 3.41. The summed E-state index contributed by atoms with van der Waals surface area (Å²) in [6.45, 7) is 6.53. The van der Waals surface area contributed by atoms with Crippen molar-refractivity contribution in [1.82, 2.24) is 19.7 Å². The van der Waals surface area contributed by atoms with Gasteiger partial charge in [-0.3, -0.25) is 4.68 Å². The molecule has 1 aromatic carbocycles. The third-order valence-electron chi connectivity index (χ3n) is 5.02. The van der Waals surface area contributed by atoms with Crippen molar-refractivity contribution in [3.8, 4) is 10.4 Å². The minimum atomic E-state index is 0.537. The normalized spacial score (nSPS) is 16.4. The van der Waals surface area contributed by atoms with E-state index in [1.54, 1.807) is 11.3 Å². The van der Waals surface area contributed by atoms with E-state index in [0.29, 0.717) is 5.92 Å². The Morgan fingerprint density at radius 1 is 1.24 bits per heavy atom. The minimum Gasteiger partial charge on any atom is -0.336 e. The van der Waals surface area contributed by atoms with E-state index >= 15 is 0 Å². The zero-order chi connectivity index (χ0) is 17.4. The molecule has 1 aliphatic rings. The zero-order valence-corrected chi connectivity index (χ0v) is 15.5. The van der Waals surface area contributed by atoms with Gasteiger partial charge in [-0.1, -0.05) is 24.0 Å². The molecule has 4 rings (SSSR count). The zero-order valence-electron chi connectivity index (χ0n) is 14.7. The van der Waals surface area contributed by atoms with Crippen molar-refractivity contribution < 1.29 is 0 Å². The first-order valence-electron chi connectivity index (χ1n) is 8.62. The molecule has 0 aliphatic carbocycles. The highest BCUT2D eigenvalue weighted by atomic mass is 32.1. The van der Waals surface area contributed by atoms with E-state index < -0.39 is 0 Å². The average molecular weight is 353 g/mol. The first kappa shape index (κ1) is 16.3. The lowest BCUT2D eigenvalue weighted by atomic mass is 9.94. The summed E-state index contributed by atoms with van der Waals surface area (Å²) in [7, 11) is 4.14. The van der Waals surface area contributed by atoms with Crippen LogP contribution >= 0.6 is 11.3 Å². The van der Waals surface area contributed by atoms with Gasteiger partial charge in [0, 0.05) is 30.2 Å². The Bertz CT molecular complexity index is 902. The molecule has 1 fully saturated rings. The van der Waals surface area contributed by atoms with Crippen LogP contribution in [-0.2, 0) is 7.05 Å². The summed E-state index contributed by atoms with van der Waals surface area (Å²) in [5, 5.41) is 9.82. The first-order chi connectivity index (χ1) is 12.1. The largest absolute Gasteiger partial charge is 0.336 e. The Morgan fingerprint density at radius 2 is 2.04 bits per heavy atom. The van der Waals surface area contributed by atoms with Gasteiger partial charge in [-0.15, -0.1) is 0 Å². The van der Waals surface area contributed by atoms with Crippen LogP contribution < -0.4 is 5.32 Å². The van der Waals surface area contributed by atoms with E-state index in [-0.39, 0.29) is 0 Å². The Hall–Kier alpha value is -2.18. The number of aryl methyl sites for hydroxylation is 1. The Labute approximate surface area is 152 Å². The van der Waals surface area contributed by atoms with Crippen LogP contribution in [0, 0.1) is 5.92 Å². The van der Waals surface area contributed by atoms with Gasteiger partial charge in [0.25, 0.3) is 0 Å². The molecule has 1 N–H and O–H groups in total. The van der Waals surface area contributed by atoms with Gasteiger partial charge in [0.15, 0.2) is 5.13 Å². The molecule has 0 unspecified atom stereocenters. The maximum Gasteiger partial charge on any atom is 0.187 e. The second-order valence-electron chi connectivity index (χ2n) is 6.80. The molecule has 6 heteroatoms. The van der Waals surface area contributed by atoms with Crippen molar-refractivity contribution in [1.29, 1.82) is 0 Å². The lowest BCUT2D eigenvalue weighted by molar-refractivity contribution is 0.239. The SMILES string of the molecule is C=C(Nc1ncc(-c2ccc3c(cnn3C)c2)s1)C1CCN(C)CC1. The van der Waals surface area contributed by atoms with Gasteiger partial charge in [-0.25, -0.2) is 4.98 Å². The number of fused-ring (bicyclic) bond motifs is 1. The number of likely N-dealkylation sites (tertiary alicyclic amines) is 1. The molecule has 2 aromatic heterocycles. The minimum absolute atomic E-state index is 0.537. The molecule has 5 nitrogen and oxygen atoms in total. The van der Waals surface area contributed by atoms with Crippen LogP contribution in [0.2, 0.25) is 0 Å². The van der Waals surface area contributed by atoms with Gasteiger partial charge in [0.05, 0.1) is 16.6 Å². The lowest BCUT2D eigenvalue weighted by Gasteiger charge is -2.30. The highest BCUT2D eigenvalue weighted by Crippen LogP contribution is 2.33. The molecule has 3 aromatic rings. The topological polar surface area (TPSA) is 46.0 Å². The van der Waals surface area contributed by atoms with Crippen molar-refractivity contribution in [2.75, 3.05) is 25.5 Å². The van der Waals surface area contributed by atoms with Gasteiger partial charge in [-0.2, -0.15) is 5.10 Å². The van der Waals surface area contributed by atoms with E-state index in [4.69, 9.17) is 0 Å². The summed E-state index contributed by atoms with van der Waals surface area (Å²) < 4.78 is 1.89. The molecule has 130 valence electrons. The summed E-state index contributed by atoms with van der Waals surface area (Å²) >= 11 is 1.67. The van der Waals surface area contributed by atoms with Gasteiger partial charge in [-0.05, 0) is 50.7 Å². The first-order valence-corrected chi connectivity index (χ1v) is 9.44. The molecular formula is C19H23N5S. The Morgan fingerprint density at radius 3 is 2.84 bits per heavy atom. The fourth-order valence-electron chi connectivity index (χ4n) is 3.38. The Balaban J connectivity index is 1.48. The van der Waals surface area contributed by atoms with E-state index in [1.807, 2.05) is 24.1 Å². The summed E-state index contributed by atoms with van der Waals surface area (Å²) in [4.78, 5) is 8.07. The average Bonchev–Trinajstić information content (AvgIpc) is 3.22. The number of hydrogen-bond acceptors (Lipinski definition) is 5. The van der Waals surface area contributed by atoms with Crippen LogP contribution in [0.3, 0.4) is 0 Å². The van der Waals surface area contributed by atoms with Crippen molar-refractivity contribution >= 4 is 27.4 Å². The number of thiazole rings is 1. The maximum atomic E-state index is 4.54. The number of anilines is 1. The number of piperidine rings is 1. The van der Waals surface area contributed by atoms with Gasteiger partial charge in [0.1, 0.15) is 0 Å². The van der Waals surface area contributed by atoms with E-state index in [2.05, 4.69) is 52.1 Å². The van der Waals surface area contributed by atoms with Crippen LogP contribution in [0.5, 0.6) is 0 Å². The highest BCUT2D eigenvalue weighted by Gasteiger charge is 2.20. The number of benzene rings is 1. The Kier molecular flexibility index (Phi) is 4.31. The second-order valence-corrected chi connectivity index (χ2v) is 7.83. The predicted octanol–water partition coefficient (Wildman–Crippen LogP) is 3.96. The van der Waals surface area contributed by atoms with E-state index in [9.17, 15) is 0 Å². The number of allylic oxidation sites excluding steroid dienone is 1. The molecular weight excluding hydrogens is 330 g/mol. The van der Waals surface area contributed by atoms with Gasteiger partial charge < -0.3 is 10.2 Å². The van der Waals surface area contributed by atoms with Crippen molar-refractivity contribution in [3.63, 3.8) is 0 Å². The van der Waals surface area contributed by atoms with Crippen LogP contribution in [0.15, 0.2) is 42.9 Å². The summed E-state index contributed by atoms with van der Waals surface area (Å²) in [6, 6.07) is 6.42. The standard InChI is InChI=1S/C19H23N5S/c1-13(14-6-8-23(2)9-7-14)22-19-20-12-18(25-19)15-4-5-17-16(10-15)11-21-24(17)3/h4-5,10-12,14H,1,6-9H2,2-3H3,(H,20,22). The fourth-order valence-corrected chi connectivity index (χ4v) is 4.22. The maximum absolute atomic E-state index is 4.54. The summed E-state index contributed by atoms with van der Waals surface area (Å²) in [5.74, 6) is 0.537. The molecule has 1 aliphatic heterocycles. The molecule has 25 heavy (non-hydrogen) atoms. The number of nitrogens with zero attached hydrogens (tertiary/aromatic N) is 4. The molecule has 0 atom stereocenters. The van der Waals surface area contributed by atoms with Crippen molar-refractivity contribution in [2.24, 2.45) is 13.0 Å².